The standard InChI is InChI=1S/C58H37NO2/c1-2-19-43-38(15-1)16-12-26-47(43)46-21-4-3-20-44(46)40-17-11-18-42(37-40)59(41-35-33-39(34-36-41)45-25-13-28-52-49-23-6-9-31-55(49)60-57(45)52)54-30-8-5-22-48(54)51-27-14-29-53-50-24-7-10-32-56(50)61-58(51)53/h1-37H. The number of furan rings is 2. The maximum Gasteiger partial charge on any atom is 0.143 e. The van der Waals surface area contributed by atoms with Crippen molar-refractivity contribution in [1.82, 2.24) is 0 Å². The molecule has 2 heterocycles. The molecular formula is C58H37NO2. The van der Waals surface area contributed by atoms with Crippen molar-refractivity contribution in [3.63, 3.8) is 0 Å². The molecule has 0 aliphatic rings. The SMILES string of the molecule is c1cc(-c2ccccc2-c2cccc3ccccc23)cc(N(c2ccc(-c3cccc4c3oc3ccccc34)cc2)c2ccccc2-c2cccc3c2oc2ccccc23)c1. The van der Waals surface area contributed by atoms with E-state index in [0.717, 1.165) is 88.8 Å². The summed E-state index contributed by atoms with van der Waals surface area (Å²) in [7, 11) is 0. The van der Waals surface area contributed by atoms with Gasteiger partial charge in [0, 0.05) is 49.6 Å². The van der Waals surface area contributed by atoms with E-state index in [-0.39, 0.29) is 0 Å². The van der Waals surface area contributed by atoms with Crippen molar-refractivity contribution in [1.29, 1.82) is 0 Å². The highest BCUT2D eigenvalue weighted by Crippen LogP contribution is 2.46. The van der Waals surface area contributed by atoms with Crippen molar-refractivity contribution < 1.29 is 8.83 Å². The molecule has 0 unspecified atom stereocenters. The van der Waals surface area contributed by atoms with E-state index in [4.69, 9.17) is 8.83 Å². The highest BCUT2D eigenvalue weighted by Gasteiger charge is 2.22. The number of hydrogen-bond acceptors (Lipinski definition) is 3. The lowest BCUT2D eigenvalue weighted by Crippen LogP contribution is -2.11. The molecule has 12 aromatic rings. The molecule has 0 aliphatic carbocycles. The van der Waals surface area contributed by atoms with Crippen LogP contribution in [-0.2, 0) is 0 Å². The summed E-state index contributed by atoms with van der Waals surface area (Å²) in [5.41, 5.74) is 15.7. The smallest absolute Gasteiger partial charge is 0.143 e. The number of nitrogens with zero attached hydrogens (tertiary/aromatic N) is 1. The van der Waals surface area contributed by atoms with Gasteiger partial charge in [-0.25, -0.2) is 0 Å². The summed E-state index contributed by atoms with van der Waals surface area (Å²) in [6, 6.07) is 79.9. The lowest BCUT2D eigenvalue weighted by atomic mass is 9.91. The maximum atomic E-state index is 6.64. The van der Waals surface area contributed by atoms with Gasteiger partial charge in [0.05, 0.1) is 5.69 Å². The van der Waals surface area contributed by atoms with Crippen LogP contribution in [0.25, 0.3) is 99.2 Å². The molecule has 0 bridgehead atoms. The summed E-state index contributed by atoms with van der Waals surface area (Å²) in [5, 5.41) is 6.92. The van der Waals surface area contributed by atoms with Crippen molar-refractivity contribution >= 4 is 71.7 Å². The molecule has 12 rings (SSSR count). The van der Waals surface area contributed by atoms with Gasteiger partial charge in [-0.1, -0.05) is 182 Å². The molecule has 10 aromatic carbocycles. The summed E-state index contributed by atoms with van der Waals surface area (Å²) < 4.78 is 13.1. The van der Waals surface area contributed by atoms with Gasteiger partial charge in [-0.2, -0.15) is 0 Å². The Labute approximate surface area is 353 Å². The van der Waals surface area contributed by atoms with Gasteiger partial charge >= 0.3 is 0 Å². The zero-order valence-electron chi connectivity index (χ0n) is 33.1. The monoisotopic (exact) mass is 779 g/mol. The van der Waals surface area contributed by atoms with E-state index < -0.39 is 0 Å². The van der Waals surface area contributed by atoms with Crippen molar-refractivity contribution in [2.45, 2.75) is 0 Å². The molecule has 0 saturated heterocycles. The highest BCUT2D eigenvalue weighted by atomic mass is 16.3. The second-order valence-corrected chi connectivity index (χ2v) is 15.6. The van der Waals surface area contributed by atoms with Crippen LogP contribution in [0, 0.1) is 0 Å². The van der Waals surface area contributed by atoms with Crippen LogP contribution in [0.15, 0.2) is 233 Å². The first-order valence-electron chi connectivity index (χ1n) is 20.7. The van der Waals surface area contributed by atoms with E-state index in [1.807, 2.05) is 24.3 Å². The van der Waals surface area contributed by atoms with E-state index in [1.165, 1.54) is 27.5 Å². The fraction of sp³-hybridized carbons (Fsp3) is 0. The maximum absolute atomic E-state index is 6.64. The Morgan fingerprint density at radius 2 is 0.787 bits per heavy atom. The van der Waals surface area contributed by atoms with E-state index in [2.05, 4.69) is 205 Å². The van der Waals surface area contributed by atoms with E-state index in [9.17, 15) is 0 Å². The highest BCUT2D eigenvalue weighted by molar-refractivity contribution is 6.12. The molecule has 0 fully saturated rings. The number of benzene rings is 10. The van der Waals surface area contributed by atoms with Crippen molar-refractivity contribution in [2.75, 3.05) is 4.90 Å². The second-order valence-electron chi connectivity index (χ2n) is 15.6. The molecule has 0 spiro atoms. The Hall–Kier alpha value is -8.14. The summed E-state index contributed by atoms with van der Waals surface area (Å²) in [5.74, 6) is 0. The predicted molar refractivity (Wildman–Crippen MR) is 255 cm³/mol. The number of para-hydroxylation sites is 5. The molecule has 0 radical (unpaired) electrons. The minimum absolute atomic E-state index is 0.878. The van der Waals surface area contributed by atoms with Gasteiger partial charge in [0.15, 0.2) is 0 Å². The predicted octanol–water partition coefficient (Wildman–Crippen LogP) is 16.8. The molecule has 0 amide bonds. The Bertz CT molecular complexity index is 3600. The number of fused-ring (bicyclic) bond motifs is 7. The Morgan fingerprint density at radius 1 is 0.279 bits per heavy atom. The van der Waals surface area contributed by atoms with Gasteiger partial charge in [-0.3, -0.25) is 0 Å². The fourth-order valence-corrected chi connectivity index (χ4v) is 9.29. The third-order valence-electron chi connectivity index (χ3n) is 12.1. The topological polar surface area (TPSA) is 29.5 Å². The van der Waals surface area contributed by atoms with Crippen LogP contribution in [-0.4, -0.2) is 0 Å². The van der Waals surface area contributed by atoms with Crippen LogP contribution in [0.2, 0.25) is 0 Å². The van der Waals surface area contributed by atoms with Gasteiger partial charge < -0.3 is 13.7 Å². The van der Waals surface area contributed by atoms with Gasteiger partial charge in [-0.05, 0) is 81.1 Å². The molecule has 0 aliphatic heterocycles. The minimum Gasteiger partial charge on any atom is -0.455 e. The third-order valence-corrected chi connectivity index (χ3v) is 12.1. The molecule has 0 atom stereocenters. The molecule has 61 heavy (non-hydrogen) atoms. The largest absolute Gasteiger partial charge is 0.455 e. The lowest BCUT2D eigenvalue weighted by molar-refractivity contribution is 0.669. The van der Waals surface area contributed by atoms with Gasteiger partial charge in [0.25, 0.3) is 0 Å². The zero-order chi connectivity index (χ0) is 40.3. The van der Waals surface area contributed by atoms with Crippen LogP contribution < -0.4 is 4.90 Å². The first-order chi connectivity index (χ1) is 30.3. The van der Waals surface area contributed by atoms with Gasteiger partial charge in [-0.15, -0.1) is 0 Å². The van der Waals surface area contributed by atoms with Crippen LogP contribution in [0.4, 0.5) is 17.1 Å². The fourth-order valence-electron chi connectivity index (χ4n) is 9.29. The Balaban J connectivity index is 1.04. The van der Waals surface area contributed by atoms with Crippen LogP contribution in [0.3, 0.4) is 0 Å². The zero-order valence-corrected chi connectivity index (χ0v) is 33.1. The molecule has 2 aromatic heterocycles. The van der Waals surface area contributed by atoms with Gasteiger partial charge in [0.1, 0.15) is 22.3 Å². The average molecular weight is 780 g/mol. The first-order valence-corrected chi connectivity index (χ1v) is 20.7. The van der Waals surface area contributed by atoms with E-state index in [0.29, 0.717) is 0 Å². The first kappa shape index (κ1) is 34.9. The summed E-state index contributed by atoms with van der Waals surface area (Å²) in [4.78, 5) is 2.38. The summed E-state index contributed by atoms with van der Waals surface area (Å²) in [6.07, 6.45) is 0. The molecule has 0 N–H and O–H groups in total. The average Bonchev–Trinajstić information content (AvgIpc) is 3.91. The number of rotatable bonds is 7. The number of anilines is 3. The Morgan fingerprint density at radius 3 is 1.54 bits per heavy atom. The minimum atomic E-state index is 0.878. The second kappa shape index (κ2) is 14.3. The molecule has 286 valence electrons. The molecular weight excluding hydrogens is 743 g/mol. The van der Waals surface area contributed by atoms with Crippen molar-refractivity contribution in [3.05, 3.63) is 224 Å². The summed E-state index contributed by atoms with van der Waals surface area (Å²) >= 11 is 0. The number of hydrogen-bond donors (Lipinski definition) is 0. The Kier molecular flexibility index (Phi) is 8.17. The van der Waals surface area contributed by atoms with Gasteiger partial charge in [0.2, 0.25) is 0 Å². The van der Waals surface area contributed by atoms with Crippen molar-refractivity contribution in [2.24, 2.45) is 0 Å². The molecule has 0 saturated carbocycles. The molecule has 3 heteroatoms. The quantitative estimate of drug-likeness (QED) is 0.161. The molecule has 3 nitrogen and oxygen atoms in total. The third kappa shape index (κ3) is 5.82. The van der Waals surface area contributed by atoms with Crippen LogP contribution in [0.1, 0.15) is 0 Å². The lowest BCUT2D eigenvalue weighted by Gasteiger charge is -2.28. The normalized spacial score (nSPS) is 11.6. The summed E-state index contributed by atoms with van der Waals surface area (Å²) in [6.45, 7) is 0. The van der Waals surface area contributed by atoms with Crippen LogP contribution in [0.5, 0.6) is 0 Å². The van der Waals surface area contributed by atoms with Crippen LogP contribution >= 0.6 is 0 Å². The van der Waals surface area contributed by atoms with Crippen molar-refractivity contribution in [3.8, 4) is 44.5 Å². The van der Waals surface area contributed by atoms with E-state index in [1.54, 1.807) is 0 Å². The van der Waals surface area contributed by atoms with E-state index >= 15 is 0 Å².